The molecule has 22 heavy (non-hydrogen) atoms. The lowest BCUT2D eigenvalue weighted by Gasteiger charge is -2.27. The molecule has 1 aromatic carbocycles. The minimum atomic E-state index is 0.578. The minimum absolute atomic E-state index is 0.578. The molecule has 0 N–H and O–H groups in total. The Kier molecular flexibility index (Phi) is 6.25. The van der Waals surface area contributed by atoms with Crippen LogP contribution in [0.25, 0.3) is 0 Å². The summed E-state index contributed by atoms with van der Waals surface area (Å²) in [6.07, 6.45) is 5.23. The molecule has 0 radical (unpaired) electrons. The summed E-state index contributed by atoms with van der Waals surface area (Å²) < 4.78 is 11.0. The van der Waals surface area contributed by atoms with Gasteiger partial charge in [0.2, 0.25) is 0 Å². The summed E-state index contributed by atoms with van der Waals surface area (Å²) in [7, 11) is 3.79. The highest BCUT2D eigenvalue weighted by atomic mass is 16.5. The number of aryl methyl sites for hydroxylation is 1. The van der Waals surface area contributed by atoms with Crippen LogP contribution >= 0.6 is 0 Å². The van der Waals surface area contributed by atoms with Crippen molar-refractivity contribution >= 4 is 12.0 Å². The first-order chi connectivity index (χ1) is 10.7. The number of methoxy groups -OCH3 is 1. The molecule has 4 heteroatoms. The Morgan fingerprint density at radius 1 is 1.45 bits per heavy atom. The molecule has 122 valence electrons. The van der Waals surface area contributed by atoms with Crippen molar-refractivity contribution < 1.29 is 9.47 Å². The van der Waals surface area contributed by atoms with Crippen LogP contribution < -0.4 is 4.74 Å². The second-order valence-electron chi connectivity index (χ2n) is 5.96. The summed E-state index contributed by atoms with van der Waals surface area (Å²) in [6, 6.07) is 4.34. The molecule has 1 atom stereocenters. The largest absolute Gasteiger partial charge is 0.493 e. The predicted octanol–water partition coefficient (Wildman–Crippen LogP) is 3.90. The number of ether oxygens (including phenoxy) is 2. The van der Waals surface area contributed by atoms with E-state index in [1.165, 1.54) is 11.1 Å². The summed E-state index contributed by atoms with van der Waals surface area (Å²) in [5.41, 5.74) is 3.54. The Morgan fingerprint density at radius 2 is 2.27 bits per heavy atom. The summed E-state index contributed by atoms with van der Waals surface area (Å²) in [6.45, 7) is 6.81. The van der Waals surface area contributed by atoms with Crippen LogP contribution in [0.1, 0.15) is 43.2 Å². The van der Waals surface area contributed by atoms with Gasteiger partial charge >= 0.3 is 0 Å². The molecule has 0 amide bonds. The number of hydrogen-bond acceptors (Lipinski definition) is 3. The zero-order valence-electron chi connectivity index (χ0n) is 14.3. The van der Waals surface area contributed by atoms with Gasteiger partial charge in [-0.25, -0.2) is 4.99 Å². The van der Waals surface area contributed by atoms with Gasteiger partial charge < -0.3 is 14.4 Å². The van der Waals surface area contributed by atoms with Gasteiger partial charge in [-0.2, -0.15) is 0 Å². The summed E-state index contributed by atoms with van der Waals surface area (Å²) >= 11 is 0. The van der Waals surface area contributed by atoms with Crippen molar-refractivity contribution in [1.29, 1.82) is 0 Å². The van der Waals surface area contributed by atoms with E-state index in [1.54, 1.807) is 7.11 Å². The molecule has 0 fully saturated rings. The number of hydrogen-bond donors (Lipinski definition) is 0. The Labute approximate surface area is 134 Å². The first kappa shape index (κ1) is 16.8. The van der Waals surface area contributed by atoms with E-state index in [4.69, 9.17) is 9.47 Å². The van der Waals surface area contributed by atoms with Gasteiger partial charge in [0.1, 0.15) is 5.75 Å². The van der Waals surface area contributed by atoms with Gasteiger partial charge in [0.15, 0.2) is 0 Å². The van der Waals surface area contributed by atoms with E-state index in [0.29, 0.717) is 5.92 Å². The van der Waals surface area contributed by atoms with E-state index in [9.17, 15) is 0 Å². The fourth-order valence-corrected chi connectivity index (χ4v) is 2.77. The van der Waals surface area contributed by atoms with Crippen LogP contribution in [0.4, 0.5) is 5.69 Å². The molecule has 1 aliphatic rings. The third-order valence-electron chi connectivity index (χ3n) is 4.29. The van der Waals surface area contributed by atoms with Crippen LogP contribution in [0, 0.1) is 6.92 Å². The Balaban J connectivity index is 2.17. The molecular formula is C18H28N2O2. The Morgan fingerprint density at radius 3 is 3.00 bits per heavy atom. The minimum Gasteiger partial charge on any atom is -0.493 e. The van der Waals surface area contributed by atoms with Gasteiger partial charge in [-0.05, 0) is 56.2 Å². The lowest BCUT2D eigenvalue weighted by molar-refractivity contribution is 0.185. The number of aliphatic imine (C=N–C) groups is 1. The lowest BCUT2D eigenvalue weighted by atomic mass is 9.88. The number of benzene rings is 1. The van der Waals surface area contributed by atoms with E-state index in [0.717, 1.165) is 50.5 Å². The van der Waals surface area contributed by atoms with Crippen LogP contribution in [0.15, 0.2) is 17.1 Å². The highest BCUT2D eigenvalue weighted by Gasteiger charge is 2.22. The van der Waals surface area contributed by atoms with Crippen LogP contribution in [-0.2, 0) is 4.74 Å². The highest BCUT2D eigenvalue weighted by Crippen LogP contribution is 2.40. The quantitative estimate of drug-likeness (QED) is 0.435. The van der Waals surface area contributed by atoms with Gasteiger partial charge in [0.25, 0.3) is 0 Å². The van der Waals surface area contributed by atoms with E-state index in [2.05, 4.69) is 35.9 Å². The Hall–Kier alpha value is -1.55. The summed E-state index contributed by atoms with van der Waals surface area (Å²) in [4.78, 5) is 6.65. The van der Waals surface area contributed by atoms with Gasteiger partial charge in [0.05, 0.1) is 18.6 Å². The highest BCUT2D eigenvalue weighted by molar-refractivity contribution is 5.65. The summed E-state index contributed by atoms with van der Waals surface area (Å²) in [5.74, 6) is 1.58. The van der Waals surface area contributed by atoms with Gasteiger partial charge in [-0.1, -0.05) is 0 Å². The topological polar surface area (TPSA) is 34.1 Å². The average Bonchev–Trinajstić information content (AvgIpc) is 2.53. The maximum absolute atomic E-state index is 5.87. The monoisotopic (exact) mass is 304 g/mol. The average molecular weight is 304 g/mol. The smallest absolute Gasteiger partial charge is 0.124 e. The van der Waals surface area contributed by atoms with Crippen LogP contribution in [0.3, 0.4) is 0 Å². The normalized spacial score (nSPS) is 17.4. The van der Waals surface area contributed by atoms with Gasteiger partial charge in [0, 0.05) is 33.4 Å². The van der Waals surface area contributed by atoms with Crippen molar-refractivity contribution in [2.45, 2.75) is 39.0 Å². The number of fused-ring (bicyclic) bond motifs is 1. The fraction of sp³-hybridized carbons (Fsp3) is 0.611. The van der Waals surface area contributed by atoms with Crippen molar-refractivity contribution in [1.82, 2.24) is 4.90 Å². The van der Waals surface area contributed by atoms with Crippen LogP contribution in [0.2, 0.25) is 0 Å². The maximum atomic E-state index is 5.87. The standard InChI is InChI=1S/C18H28N2O2/c1-5-20(3)13-19-17-12-18-16(11-14(17)2)15(8-10-22-18)7-6-9-21-4/h11-13,15H,5-10H2,1-4H3. The van der Waals surface area contributed by atoms with Crippen LogP contribution in [-0.4, -0.2) is 45.2 Å². The third-order valence-corrected chi connectivity index (χ3v) is 4.29. The number of nitrogens with zero attached hydrogens (tertiary/aromatic N) is 2. The second-order valence-corrected chi connectivity index (χ2v) is 5.96. The zero-order valence-corrected chi connectivity index (χ0v) is 14.3. The van der Waals surface area contributed by atoms with E-state index in [1.807, 2.05) is 13.4 Å². The van der Waals surface area contributed by atoms with Crippen molar-refractivity contribution in [3.63, 3.8) is 0 Å². The second kappa shape index (κ2) is 8.18. The third kappa shape index (κ3) is 4.23. The number of rotatable bonds is 7. The molecule has 0 spiro atoms. The van der Waals surface area contributed by atoms with Gasteiger partial charge in [-0.15, -0.1) is 0 Å². The molecule has 0 saturated heterocycles. The molecule has 1 unspecified atom stereocenters. The van der Waals surface area contributed by atoms with Crippen molar-refractivity contribution in [3.05, 3.63) is 23.3 Å². The van der Waals surface area contributed by atoms with Crippen molar-refractivity contribution in [2.24, 2.45) is 4.99 Å². The fourth-order valence-electron chi connectivity index (χ4n) is 2.77. The molecule has 0 aromatic heterocycles. The zero-order chi connectivity index (χ0) is 15.9. The van der Waals surface area contributed by atoms with E-state index < -0.39 is 0 Å². The van der Waals surface area contributed by atoms with E-state index >= 15 is 0 Å². The molecule has 0 bridgehead atoms. The molecule has 1 aromatic rings. The summed E-state index contributed by atoms with van der Waals surface area (Å²) in [5, 5.41) is 0. The molecule has 1 heterocycles. The molecule has 0 aliphatic carbocycles. The SMILES string of the molecule is CCN(C)C=Nc1cc2c(cc1C)C(CCCOC)CCO2. The predicted molar refractivity (Wildman–Crippen MR) is 91.6 cm³/mol. The molecule has 0 saturated carbocycles. The van der Waals surface area contributed by atoms with Crippen molar-refractivity contribution in [3.8, 4) is 5.75 Å². The molecule has 2 rings (SSSR count). The van der Waals surface area contributed by atoms with Gasteiger partial charge in [-0.3, -0.25) is 0 Å². The Bertz CT molecular complexity index is 514. The molecular weight excluding hydrogens is 276 g/mol. The lowest BCUT2D eigenvalue weighted by Crippen LogP contribution is -2.15. The first-order valence-corrected chi connectivity index (χ1v) is 8.16. The molecule has 4 nitrogen and oxygen atoms in total. The first-order valence-electron chi connectivity index (χ1n) is 8.16. The molecule has 1 aliphatic heterocycles. The maximum Gasteiger partial charge on any atom is 0.124 e. The van der Waals surface area contributed by atoms with E-state index in [-0.39, 0.29) is 0 Å². The van der Waals surface area contributed by atoms with Crippen molar-refractivity contribution in [2.75, 3.05) is 33.9 Å². The van der Waals surface area contributed by atoms with Crippen LogP contribution in [0.5, 0.6) is 5.75 Å².